The second kappa shape index (κ2) is 11.8. The minimum Gasteiger partial charge on any atom is -0.344 e. The molecular formula is C9H28O5P2. The second-order valence-corrected chi connectivity index (χ2v) is 7.98. The summed E-state index contributed by atoms with van der Waals surface area (Å²) < 4.78 is 30.2. The van der Waals surface area contributed by atoms with Crippen LogP contribution in [0.4, 0.5) is 0 Å². The Kier molecular flexibility index (Phi) is 18.6. The molecule has 0 bridgehead atoms. The first-order valence-corrected chi connectivity index (χ1v) is 8.26. The van der Waals surface area contributed by atoms with E-state index in [9.17, 15) is 9.13 Å². The SMILES string of the molecule is C.C.CCP(=O)(OC)OC.CCP(C)(=O)O. The van der Waals surface area contributed by atoms with Gasteiger partial charge < -0.3 is 13.9 Å². The van der Waals surface area contributed by atoms with Gasteiger partial charge in [0.15, 0.2) is 7.37 Å². The molecule has 0 amide bonds. The molecule has 0 aromatic carbocycles. The van der Waals surface area contributed by atoms with Gasteiger partial charge in [-0.15, -0.1) is 0 Å². The summed E-state index contributed by atoms with van der Waals surface area (Å²) in [6, 6.07) is 0. The molecule has 0 aliphatic rings. The summed E-state index contributed by atoms with van der Waals surface area (Å²) in [7, 11) is -2.54. The molecule has 0 aromatic rings. The molecule has 0 spiro atoms. The standard InChI is InChI=1S/C4H11O3P.C3H9O2P.2CH4/c1-4-8(5,6-2)7-3;1-3-6(2,4)5;;/h4H2,1-3H3;3H2,1-2H3,(H,4,5);2*1H4. The minimum atomic E-state index is -2.66. The summed E-state index contributed by atoms with van der Waals surface area (Å²) in [5.41, 5.74) is 0. The van der Waals surface area contributed by atoms with Gasteiger partial charge in [-0.2, -0.15) is 0 Å². The fourth-order valence-electron chi connectivity index (χ4n) is 0.333. The average Bonchev–Trinajstić information content (AvgIpc) is 2.16. The lowest BCUT2D eigenvalue weighted by molar-refractivity contribution is 0.277. The highest BCUT2D eigenvalue weighted by atomic mass is 31.2. The molecule has 1 atom stereocenters. The lowest BCUT2D eigenvalue weighted by Gasteiger charge is -2.08. The number of hydrogen-bond acceptors (Lipinski definition) is 4. The van der Waals surface area contributed by atoms with Crippen molar-refractivity contribution in [2.24, 2.45) is 0 Å². The fourth-order valence-corrected chi connectivity index (χ4v) is 0.998. The Morgan fingerprint density at radius 3 is 1.25 bits per heavy atom. The first-order chi connectivity index (χ1) is 6.24. The summed E-state index contributed by atoms with van der Waals surface area (Å²) in [5, 5.41) is 0. The normalized spacial score (nSPS) is 13.4. The summed E-state index contributed by atoms with van der Waals surface area (Å²) in [4.78, 5) is 8.38. The van der Waals surface area contributed by atoms with Crippen LogP contribution in [0.5, 0.6) is 0 Å². The van der Waals surface area contributed by atoms with Crippen LogP contribution in [-0.4, -0.2) is 38.1 Å². The van der Waals surface area contributed by atoms with Crippen LogP contribution < -0.4 is 0 Å². The predicted molar refractivity (Wildman–Crippen MR) is 71.9 cm³/mol. The van der Waals surface area contributed by atoms with E-state index in [1.54, 1.807) is 13.8 Å². The molecular weight excluding hydrogens is 250 g/mol. The zero-order valence-electron chi connectivity index (χ0n) is 9.39. The van der Waals surface area contributed by atoms with Crippen LogP contribution >= 0.6 is 15.0 Å². The molecule has 0 aliphatic carbocycles. The molecule has 16 heavy (non-hydrogen) atoms. The highest BCUT2D eigenvalue weighted by Gasteiger charge is 2.15. The van der Waals surface area contributed by atoms with Crippen LogP contribution in [0.2, 0.25) is 0 Å². The Bertz CT molecular complexity index is 205. The Morgan fingerprint density at radius 2 is 1.25 bits per heavy atom. The van der Waals surface area contributed by atoms with Gasteiger partial charge >= 0.3 is 7.60 Å². The first-order valence-electron chi connectivity index (χ1n) is 4.24. The molecule has 0 heterocycles. The maximum Gasteiger partial charge on any atom is 0.329 e. The van der Waals surface area contributed by atoms with Gasteiger partial charge in [0.1, 0.15) is 0 Å². The number of hydrogen-bond donors (Lipinski definition) is 1. The van der Waals surface area contributed by atoms with Gasteiger partial charge in [-0.3, -0.25) is 9.13 Å². The molecule has 0 aliphatic heterocycles. The predicted octanol–water partition coefficient (Wildman–Crippen LogP) is 3.67. The Balaban J connectivity index is -0.0000000825. The van der Waals surface area contributed by atoms with Crippen LogP contribution in [0, 0.1) is 0 Å². The maximum atomic E-state index is 10.9. The quantitative estimate of drug-likeness (QED) is 0.794. The van der Waals surface area contributed by atoms with E-state index in [1.807, 2.05) is 0 Å². The van der Waals surface area contributed by atoms with Gasteiger partial charge in [0.2, 0.25) is 0 Å². The summed E-state index contributed by atoms with van der Waals surface area (Å²) in [6.45, 7) is 4.81. The molecule has 7 heteroatoms. The van der Waals surface area contributed by atoms with Crippen molar-refractivity contribution in [1.82, 2.24) is 0 Å². The van der Waals surface area contributed by atoms with E-state index in [0.29, 0.717) is 12.3 Å². The molecule has 0 fully saturated rings. The topological polar surface area (TPSA) is 72.8 Å². The minimum absolute atomic E-state index is 0. The third-order valence-corrected chi connectivity index (χ3v) is 4.59. The van der Waals surface area contributed by atoms with Gasteiger partial charge in [0.25, 0.3) is 0 Å². The molecule has 0 radical (unpaired) electrons. The van der Waals surface area contributed by atoms with E-state index in [4.69, 9.17) is 4.89 Å². The Labute approximate surface area is 101 Å². The van der Waals surface area contributed by atoms with Crippen molar-refractivity contribution in [2.75, 3.05) is 33.2 Å². The zero-order valence-corrected chi connectivity index (χ0v) is 11.2. The van der Waals surface area contributed by atoms with Crippen molar-refractivity contribution >= 4 is 15.0 Å². The van der Waals surface area contributed by atoms with E-state index in [1.165, 1.54) is 20.9 Å². The van der Waals surface area contributed by atoms with Gasteiger partial charge in [0, 0.05) is 33.2 Å². The van der Waals surface area contributed by atoms with E-state index >= 15 is 0 Å². The number of rotatable bonds is 4. The largest absolute Gasteiger partial charge is 0.344 e. The molecule has 1 unspecified atom stereocenters. The zero-order chi connectivity index (χ0) is 11.8. The highest BCUT2D eigenvalue weighted by molar-refractivity contribution is 7.57. The van der Waals surface area contributed by atoms with Crippen molar-refractivity contribution in [3.63, 3.8) is 0 Å². The Hall–Kier alpha value is 0.340. The Morgan fingerprint density at radius 1 is 1.00 bits per heavy atom. The average molecular weight is 278 g/mol. The van der Waals surface area contributed by atoms with Gasteiger partial charge in [-0.05, 0) is 0 Å². The van der Waals surface area contributed by atoms with Crippen LogP contribution in [0.25, 0.3) is 0 Å². The second-order valence-electron chi connectivity index (χ2n) is 2.66. The molecule has 0 rings (SSSR count). The molecule has 0 saturated carbocycles. The van der Waals surface area contributed by atoms with Crippen LogP contribution in [-0.2, 0) is 18.2 Å². The summed E-state index contributed by atoms with van der Waals surface area (Å²) in [5.74, 6) is 0. The van der Waals surface area contributed by atoms with E-state index in [-0.39, 0.29) is 14.9 Å². The molecule has 0 aromatic heterocycles. The van der Waals surface area contributed by atoms with Gasteiger partial charge in [0.05, 0.1) is 0 Å². The third kappa shape index (κ3) is 16.8. The van der Waals surface area contributed by atoms with Crippen LogP contribution in [0.15, 0.2) is 0 Å². The van der Waals surface area contributed by atoms with Crippen molar-refractivity contribution in [3.8, 4) is 0 Å². The molecule has 1 N–H and O–H groups in total. The summed E-state index contributed by atoms with van der Waals surface area (Å²) in [6.07, 6.45) is 0.812. The van der Waals surface area contributed by atoms with Gasteiger partial charge in [-0.1, -0.05) is 28.7 Å². The fraction of sp³-hybridized carbons (Fsp3) is 1.00. The van der Waals surface area contributed by atoms with Crippen molar-refractivity contribution in [1.29, 1.82) is 0 Å². The monoisotopic (exact) mass is 278 g/mol. The van der Waals surface area contributed by atoms with Crippen molar-refractivity contribution < 1.29 is 23.1 Å². The molecule has 5 nitrogen and oxygen atoms in total. The lowest BCUT2D eigenvalue weighted by Crippen LogP contribution is -1.89. The van der Waals surface area contributed by atoms with Gasteiger partial charge in [-0.25, -0.2) is 0 Å². The highest BCUT2D eigenvalue weighted by Crippen LogP contribution is 2.45. The van der Waals surface area contributed by atoms with Crippen LogP contribution in [0.1, 0.15) is 28.7 Å². The molecule has 0 saturated heterocycles. The van der Waals surface area contributed by atoms with Crippen molar-refractivity contribution in [2.45, 2.75) is 28.7 Å². The maximum absolute atomic E-state index is 10.9. The third-order valence-electron chi connectivity index (χ3n) is 1.53. The smallest absolute Gasteiger partial charge is 0.329 e. The lowest BCUT2D eigenvalue weighted by atomic mass is 11.0. The van der Waals surface area contributed by atoms with E-state index < -0.39 is 15.0 Å². The first kappa shape index (κ1) is 25.3. The summed E-state index contributed by atoms with van der Waals surface area (Å²) >= 11 is 0. The van der Waals surface area contributed by atoms with E-state index in [2.05, 4.69) is 9.05 Å². The molecule has 104 valence electrons. The van der Waals surface area contributed by atoms with Crippen LogP contribution in [0.3, 0.4) is 0 Å². The van der Waals surface area contributed by atoms with Crippen molar-refractivity contribution in [3.05, 3.63) is 0 Å². The van der Waals surface area contributed by atoms with E-state index in [0.717, 1.165) is 0 Å².